The van der Waals surface area contributed by atoms with E-state index in [2.05, 4.69) is 17.9 Å². The van der Waals surface area contributed by atoms with Gasteiger partial charge in [-0.15, -0.1) is 0 Å². The number of nitrogens with zero attached hydrogens (tertiary/aromatic N) is 2. The number of nitrogens with one attached hydrogen (secondary N) is 3. The maximum Gasteiger partial charge on any atom is 0.326 e. The number of carbonyl (C=O) groups is 4. The molecule has 1 aromatic carbocycles. The molecule has 0 bridgehead atoms. The van der Waals surface area contributed by atoms with E-state index in [-0.39, 0.29) is 11.8 Å². The van der Waals surface area contributed by atoms with E-state index in [1.807, 2.05) is 10.6 Å². The summed E-state index contributed by atoms with van der Waals surface area (Å²) in [6, 6.07) is -2.55. The van der Waals surface area contributed by atoms with Crippen LogP contribution in [0.4, 0.5) is 17.1 Å². The average molecular weight is 553 g/mol. The Morgan fingerprint density at radius 2 is 1.67 bits per heavy atom. The van der Waals surface area contributed by atoms with Gasteiger partial charge in [0.1, 0.15) is 29.2 Å². The summed E-state index contributed by atoms with van der Waals surface area (Å²) < 4.78 is 32.8. The molecule has 0 saturated heterocycles. The number of thiol groups is 1. The van der Waals surface area contributed by atoms with Crippen LogP contribution in [0, 0.1) is 20.2 Å². The lowest BCUT2D eigenvalue weighted by molar-refractivity contribution is -0.394. The monoisotopic (exact) mass is 553 g/mol. The Morgan fingerprint density at radius 1 is 1.06 bits per heavy atom. The third kappa shape index (κ3) is 8.63. The maximum absolute atomic E-state index is 12.2. The van der Waals surface area contributed by atoms with E-state index in [9.17, 15) is 57.5 Å². The molecule has 20 heteroatoms. The van der Waals surface area contributed by atoms with E-state index >= 15 is 0 Å². The summed E-state index contributed by atoms with van der Waals surface area (Å²) in [5.74, 6) is -5.15. The van der Waals surface area contributed by atoms with E-state index in [0.29, 0.717) is 6.07 Å². The highest BCUT2D eigenvalue weighted by Gasteiger charge is 2.33. The summed E-state index contributed by atoms with van der Waals surface area (Å²) in [6.07, 6.45) is -1.28. The van der Waals surface area contributed by atoms with Gasteiger partial charge in [-0.05, 0) is 6.42 Å². The molecule has 0 aromatic heterocycles. The molecule has 2 amide bonds. The minimum atomic E-state index is -5.33. The Hall–Kier alpha value is -4.04. The van der Waals surface area contributed by atoms with Crippen LogP contribution in [-0.2, 0) is 29.3 Å². The number of anilines is 1. The van der Waals surface area contributed by atoms with Crippen molar-refractivity contribution in [1.82, 2.24) is 10.6 Å². The van der Waals surface area contributed by atoms with Crippen LogP contribution in [0.3, 0.4) is 0 Å². The number of carbonyl (C=O) groups excluding carboxylic acids is 2. The molecule has 0 fully saturated rings. The van der Waals surface area contributed by atoms with Crippen LogP contribution in [-0.4, -0.2) is 81.2 Å². The third-order valence-electron chi connectivity index (χ3n) is 4.28. The van der Waals surface area contributed by atoms with Crippen molar-refractivity contribution >= 4 is 63.6 Å². The number of hydrogen-bond donors (Lipinski definition) is 7. The molecule has 0 aliphatic heterocycles. The Morgan fingerprint density at radius 3 is 2.11 bits per heavy atom. The summed E-state index contributed by atoms with van der Waals surface area (Å²) in [4.78, 5) is 64.8. The van der Waals surface area contributed by atoms with Crippen molar-refractivity contribution in [2.24, 2.45) is 0 Å². The van der Waals surface area contributed by atoms with Gasteiger partial charge in [-0.1, -0.05) is 0 Å². The van der Waals surface area contributed by atoms with E-state index in [1.54, 1.807) is 0 Å². The van der Waals surface area contributed by atoms with Crippen LogP contribution in [0.2, 0.25) is 0 Å². The molecule has 0 unspecified atom stereocenters. The smallest absolute Gasteiger partial charge is 0.326 e. The van der Waals surface area contributed by atoms with Gasteiger partial charge in [0.2, 0.25) is 11.8 Å². The van der Waals surface area contributed by atoms with Crippen molar-refractivity contribution in [2.75, 3.05) is 17.6 Å². The summed E-state index contributed by atoms with van der Waals surface area (Å²) in [6.45, 7) is -0.742. The van der Waals surface area contributed by atoms with Crippen molar-refractivity contribution in [3.63, 3.8) is 0 Å². The topological polar surface area (TPSA) is 285 Å². The third-order valence-corrected chi connectivity index (χ3v) is 5.52. The molecule has 0 aliphatic carbocycles. The Kier molecular flexibility index (Phi) is 10.5. The fraction of sp³-hybridized carbons (Fsp3) is 0.375. The number of carboxylic acids is 2. The molecule has 0 saturated carbocycles. The predicted molar refractivity (Wildman–Crippen MR) is 120 cm³/mol. The lowest BCUT2D eigenvalue weighted by atomic mass is 10.1. The molecule has 2 atom stereocenters. The highest BCUT2D eigenvalue weighted by atomic mass is 32.2. The SMILES string of the molecule is O=C(O)CNC(=O)[C@H](CS)NC(=O)CC[C@H](Nc1c([N+](=O)[O-])cc([N+](=O)[O-])cc1S(=O)(=O)O)C(=O)O. The fourth-order valence-corrected chi connectivity index (χ4v) is 3.59. The van der Waals surface area contributed by atoms with Gasteiger partial charge in [0.25, 0.3) is 15.8 Å². The van der Waals surface area contributed by atoms with Crippen molar-refractivity contribution in [3.8, 4) is 0 Å². The van der Waals surface area contributed by atoms with E-state index < -0.39 is 97.1 Å². The number of nitro benzene ring substituents is 2. The highest BCUT2D eigenvalue weighted by Crippen LogP contribution is 2.36. The zero-order chi connectivity index (χ0) is 27.8. The Bertz CT molecular complexity index is 1190. The van der Waals surface area contributed by atoms with Crippen molar-refractivity contribution in [3.05, 3.63) is 32.4 Å². The summed E-state index contributed by atoms with van der Waals surface area (Å²) in [5, 5.41) is 46.6. The molecular weight excluding hydrogens is 534 g/mol. The molecule has 18 nitrogen and oxygen atoms in total. The van der Waals surface area contributed by atoms with Crippen LogP contribution in [0.1, 0.15) is 12.8 Å². The molecule has 1 aromatic rings. The quantitative estimate of drug-likeness (QED) is 0.0630. The van der Waals surface area contributed by atoms with Gasteiger partial charge in [0, 0.05) is 18.2 Å². The molecule has 198 valence electrons. The van der Waals surface area contributed by atoms with Gasteiger partial charge >= 0.3 is 17.6 Å². The van der Waals surface area contributed by atoms with Crippen molar-refractivity contribution in [1.29, 1.82) is 0 Å². The second kappa shape index (κ2) is 12.6. The minimum absolute atomic E-state index is 0.259. The first kappa shape index (κ1) is 30.0. The second-order valence-corrected chi connectivity index (χ2v) is 8.57. The predicted octanol–water partition coefficient (Wildman–Crippen LogP) is -0.990. The molecule has 0 aliphatic rings. The second-order valence-electron chi connectivity index (χ2n) is 6.82. The van der Waals surface area contributed by atoms with Gasteiger partial charge < -0.3 is 26.2 Å². The number of amides is 2. The molecule has 1 rings (SSSR count). The molecule has 6 N–H and O–H groups in total. The summed E-state index contributed by atoms with van der Waals surface area (Å²) in [7, 11) is -5.33. The van der Waals surface area contributed by atoms with Gasteiger partial charge in [-0.3, -0.25) is 39.2 Å². The van der Waals surface area contributed by atoms with Crippen molar-refractivity contribution in [2.45, 2.75) is 29.8 Å². The lowest BCUT2D eigenvalue weighted by Crippen LogP contribution is -2.49. The first-order valence-corrected chi connectivity index (χ1v) is 11.5. The number of non-ortho nitro benzene ring substituents is 1. The number of benzene rings is 1. The molecular formula is C16H19N5O13S2. The first-order chi connectivity index (χ1) is 16.6. The molecule has 0 spiro atoms. The van der Waals surface area contributed by atoms with Crippen molar-refractivity contribution < 1.29 is 52.2 Å². The minimum Gasteiger partial charge on any atom is -0.480 e. The van der Waals surface area contributed by atoms with Gasteiger partial charge in [-0.2, -0.15) is 21.0 Å². The number of nitro groups is 2. The van der Waals surface area contributed by atoms with Gasteiger partial charge in [0.15, 0.2) is 0 Å². The first-order valence-electron chi connectivity index (χ1n) is 9.41. The largest absolute Gasteiger partial charge is 0.480 e. The summed E-state index contributed by atoms with van der Waals surface area (Å²) >= 11 is 3.85. The Labute approximate surface area is 206 Å². The standard InChI is InChI=1S/C16H19N5O13S2/c22-12(18-9(6-35)15(25)17-5-13(23)24)2-1-8(16(26)27)19-14-10(21(30)31)3-7(20(28)29)4-11(14)36(32,33)34/h3-4,8-9,19,35H,1-2,5-6H2,(H,17,25)(H,18,22)(H,23,24)(H,26,27)(H,32,33,34)/t8-,9-/m0/s1. The fourth-order valence-electron chi connectivity index (χ4n) is 2.64. The van der Waals surface area contributed by atoms with E-state index in [0.717, 1.165) is 0 Å². The number of rotatable bonds is 14. The van der Waals surface area contributed by atoms with Gasteiger partial charge in [-0.25, -0.2) is 4.79 Å². The summed E-state index contributed by atoms with van der Waals surface area (Å²) in [5.41, 5.74) is -3.38. The van der Waals surface area contributed by atoms with Gasteiger partial charge in [0.05, 0.1) is 15.9 Å². The number of aliphatic carboxylic acids is 2. The van der Waals surface area contributed by atoms with Crippen LogP contribution in [0.25, 0.3) is 0 Å². The normalized spacial score (nSPS) is 12.6. The van der Waals surface area contributed by atoms with Crippen LogP contribution in [0.5, 0.6) is 0 Å². The zero-order valence-corrected chi connectivity index (χ0v) is 19.5. The van der Waals surface area contributed by atoms with E-state index in [1.165, 1.54) is 0 Å². The zero-order valence-electron chi connectivity index (χ0n) is 17.8. The van der Waals surface area contributed by atoms with Crippen LogP contribution in [0.15, 0.2) is 17.0 Å². The maximum atomic E-state index is 12.2. The van der Waals surface area contributed by atoms with Crippen LogP contribution >= 0.6 is 12.6 Å². The molecule has 36 heavy (non-hydrogen) atoms. The highest BCUT2D eigenvalue weighted by molar-refractivity contribution is 7.86. The molecule has 0 heterocycles. The lowest BCUT2D eigenvalue weighted by Gasteiger charge is -2.19. The molecule has 0 radical (unpaired) electrons. The number of carboxylic acid groups (broad SMARTS) is 2. The Balaban J connectivity index is 3.17. The van der Waals surface area contributed by atoms with Crippen LogP contribution < -0.4 is 16.0 Å². The number of hydrogen-bond acceptors (Lipinski definition) is 12. The van der Waals surface area contributed by atoms with E-state index in [4.69, 9.17) is 5.11 Å². The average Bonchev–Trinajstić information content (AvgIpc) is 2.76.